The number of amides is 1. The largest absolute Gasteiger partial charge is 0.449 e. The van der Waals surface area contributed by atoms with Gasteiger partial charge in [0.05, 0.1) is 0 Å². The van der Waals surface area contributed by atoms with E-state index < -0.39 is 12.1 Å². The molecule has 106 valence electrons. The van der Waals surface area contributed by atoms with Crippen LogP contribution in [0.15, 0.2) is 30.3 Å². The number of ether oxygens (including phenoxy) is 1. The zero-order valence-electron chi connectivity index (χ0n) is 11.8. The van der Waals surface area contributed by atoms with Crippen molar-refractivity contribution in [1.82, 2.24) is 5.32 Å². The molecule has 0 aromatic heterocycles. The highest BCUT2D eigenvalue weighted by Gasteiger charge is 2.26. The molecule has 1 aromatic carbocycles. The van der Waals surface area contributed by atoms with Crippen LogP contribution < -0.4 is 5.32 Å². The molecule has 1 N–H and O–H groups in total. The first-order chi connectivity index (χ1) is 9.54. The van der Waals surface area contributed by atoms with Gasteiger partial charge in [0.2, 0.25) is 0 Å². The van der Waals surface area contributed by atoms with Crippen LogP contribution in [-0.2, 0) is 14.3 Å². The fraction of sp³-hybridized carbons (Fsp3) is 0.375. The predicted molar refractivity (Wildman–Crippen MR) is 76.9 cm³/mol. The monoisotopic (exact) mass is 273 g/mol. The molecule has 1 aliphatic rings. The van der Waals surface area contributed by atoms with E-state index in [1.165, 1.54) is 6.08 Å². The molecule has 1 saturated carbocycles. The van der Waals surface area contributed by atoms with Crippen LogP contribution in [0.3, 0.4) is 0 Å². The van der Waals surface area contributed by atoms with Crippen molar-refractivity contribution in [2.75, 3.05) is 0 Å². The Hall–Kier alpha value is -2.10. The van der Waals surface area contributed by atoms with Gasteiger partial charge in [-0.1, -0.05) is 29.8 Å². The van der Waals surface area contributed by atoms with Gasteiger partial charge in [-0.3, -0.25) is 4.79 Å². The highest BCUT2D eigenvalue weighted by molar-refractivity contribution is 5.90. The second-order valence-corrected chi connectivity index (χ2v) is 5.11. The SMILES string of the molecule is Cc1cccc(/C=C/C(=O)O[C@H](C)C(=O)NC2CC2)c1. The predicted octanol–water partition coefficient (Wildman–Crippen LogP) is 2.22. The number of esters is 1. The number of rotatable bonds is 5. The lowest BCUT2D eigenvalue weighted by Gasteiger charge is -2.11. The van der Waals surface area contributed by atoms with Crippen LogP contribution in [0.1, 0.15) is 30.9 Å². The summed E-state index contributed by atoms with van der Waals surface area (Å²) < 4.78 is 5.05. The molecule has 4 nitrogen and oxygen atoms in total. The Morgan fingerprint density at radius 1 is 1.40 bits per heavy atom. The molecule has 2 rings (SSSR count). The van der Waals surface area contributed by atoms with Crippen LogP contribution in [0.2, 0.25) is 0 Å². The van der Waals surface area contributed by atoms with E-state index in [0.29, 0.717) is 0 Å². The standard InChI is InChI=1S/C16H19NO3/c1-11-4-3-5-13(10-11)6-9-15(18)20-12(2)16(19)17-14-7-8-14/h3-6,9-10,12,14H,7-8H2,1-2H3,(H,17,19)/b9-6+/t12-/m1/s1. The van der Waals surface area contributed by atoms with Gasteiger partial charge in [0.1, 0.15) is 0 Å². The summed E-state index contributed by atoms with van der Waals surface area (Å²) in [5, 5.41) is 2.80. The average Bonchev–Trinajstić information content (AvgIpc) is 3.20. The van der Waals surface area contributed by atoms with Gasteiger partial charge in [-0.15, -0.1) is 0 Å². The maximum Gasteiger partial charge on any atom is 0.331 e. The lowest BCUT2D eigenvalue weighted by Crippen LogP contribution is -2.36. The Labute approximate surface area is 118 Å². The van der Waals surface area contributed by atoms with Crippen molar-refractivity contribution in [1.29, 1.82) is 0 Å². The Morgan fingerprint density at radius 2 is 2.15 bits per heavy atom. The molecule has 0 unspecified atom stereocenters. The number of carbonyl (C=O) groups excluding carboxylic acids is 2. The third kappa shape index (κ3) is 4.53. The summed E-state index contributed by atoms with van der Waals surface area (Å²) in [6.45, 7) is 3.57. The molecule has 0 heterocycles. The second-order valence-electron chi connectivity index (χ2n) is 5.11. The maximum absolute atomic E-state index is 11.6. The first kappa shape index (κ1) is 14.3. The summed E-state index contributed by atoms with van der Waals surface area (Å²) in [5.41, 5.74) is 2.05. The second kappa shape index (κ2) is 6.37. The van der Waals surface area contributed by atoms with Gasteiger partial charge in [-0.2, -0.15) is 0 Å². The van der Waals surface area contributed by atoms with Gasteiger partial charge in [0.25, 0.3) is 5.91 Å². The first-order valence-corrected chi connectivity index (χ1v) is 6.80. The third-order valence-corrected chi connectivity index (χ3v) is 3.04. The van der Waals surface area contributed by atoms with Gasteiger partial charge in [0, 0.05) is 12.1 Å². The number of carbonyl (C=O) groups is 2. The summed E-state index contributed by atoms with van der Waals surface area (Å²) in [6.07, 6.45) is 4.29. The van der Waals surface area contributed by atoms with Crippen molar-refractivity contribution in [3.8, 4) is 0 Å². The molecule has 1 aromatic rings. The summed E-state index contributed by atoms with van der Waals surface area (Å²) in [4.78, 5) is 23.3. The Kier molecular flexibility index (Phi) is 4.56. The van der Waals surface area contributed by atoms with Crippen molar-refractivity contribution in [2.45, 2.75) is 38.8 Å². The third-order valence-electron chi connectivity index (χ3n) is 3.04. The van der Waals surface area contributed by atoms with Gasteiger partial charge in [-0.05, 0) is 38.3 Å². The van der Waals surface area contributed by atoms with Crippen LogP contribution in [0, 0.1) is 6.92 Å². The van der Waals surface area contributed by atoms with Crippen LogP contribution in [0.25, 0.3) is 6.08 Å². The van der Waals surface area contributed by atoms with E-state index in [-0.39, 0.29) is 11.9 Å². The van der Waals surface area contributed by atoms with E-state index in [1.54, 1.807) is 13.0 Å². The zero-order chi connectivity index (χ0) is 14.5. The van der Waals surface area contributed by atoms with Crippen LogP contribution >= 0.6 is 0 Å². The molecule has 0 spiro atoms. The van der Waals surface area contributed by atoms with Crippen molar-refractivity contribution in [2.24, 2.45) is 0 Å². The minimum atomic E-state index is -0.759. The summed E-state index contributed by atoms with van der Waals surface area (Å²) in [5.74, 6) is -0.741. The van der Waals surface area contributed by atoms with E-state index >= 15 is 0 Å². The number of benzene rings is 1. The van der Waals surface area contributed by atoms with E-state index in [9.17, 15) is 9.59 Å². The smallest absolute Gasteiger partial charge is 0.331 e. The molecule has 0 radical (unpaired) electrons. The molecule has 4 heteroatoms. The van der Waals surface area contributed by atoms with Crippen LogP contribution in [-0.4, -0.2) is 24.0 Å². The number of hydrogen-bond acceptors (Lipinski definition) is 3. The molecular formula is C16H19NO3. The zero-order valence-corrected chi connectivity index (χ0v) is 11.8. The highest BCUT2D eigenvalue weighted by atomic mass is 16.5. The summed E-state index contributed by atoms with van der Waals surface area (Å²) in [7, 11) is 0. The molecule has 1 amide bonds. The molecule has 0 bridgehead atoms. The Balaban J connectivity index is 1.83. The number of aryl methyl sites for hydroxylation is 1. The lowest BCUT2D eigenvalue weighted by atomic mass is 10.1. The average molecular weight is 273 g/mol. The van der Waals surface area contributed by atoms with E-state index in [1.807, 2.05) is 31.2 Å². The molecule has 0 saturated heterocycles. The van der Waals surface area contributed by atoms with E-state index in [0.717, 1.165) is 24.0 Å². The number of nitrogens with one attached hydrogen (secondary N) is 1. The molecule has 1 atom stereocenters. The normalized spacial score (nSPS) is 15.9. The Bertz CT molecular complexity index is 532. The van der Waals surface area contributed by atoms with Crippen molar-refractivity contribution >= 4 is 18.0 Å². The summed E-state index contributed by atoms with van der Waals surface area (Å²) in [6, 6.07) is 8.05. The van der Waals surface area contributed by atoms with Gasteiger partial charge in [0.15, 0.2) is 6.10 Å². The van der Waals surface area contributed by atoms with E-state index in [2.05, 4.69) is 5.32 Å². The lowest BCUT2D eigenvalue weighted by molar-refractivity contribution is -0.150. The van der Waals surface area contributed by atoms with E-state index in [4.69, 9.17) is 4.74 Å². The molecule has 1 fully saturated rings. The topological polar surface area (TPSA) is 55.4 Å². The molecule has 0 aliphatic heterocycles. The Morgan fingerprint density at radius 3 is 2.80 bits per heavy atom. The fourth-order valence-corrected chi connectivity index (χ4v) is 1.75. The minimum Gasteiger partial charge on any atom is -0.449 e. The molecular weight excluding hydrogens is 254 g/mol. The molecule has 20 heavy (non-hydrogen) atoms. The van der Waals surface area contributed by atoms with Crippen molar-refractivity contribution in [3.63, 3.8) is 0 Å². The maximum atomic E-state index is 11.6. The van der Waals surface area contributed by atoms with Crippen LogP contribution in [0.4, 0.5) is 0 Å². The summed E-state index contributed by atoms with van der Waals surface area (Å²) >= 11 is 0. The van der Waals surface area contributed by atoms with Crippen LogP contribution in [0.5, 0.6) is 0 Å². The molecule has 1 aliphatic carbocycles. The van der Waals surface area contributed by atoms with Crippen molar-refractivity contribution in [3.05, 3.63) is 41.5 Å². The van der Waals surface area contributed by atoms with Gasteiger partial charge >= 0.3 is 5.97 Å². The highest BCUT2D eigenvalue weighted by Crippen LogP contribution is 2.18. The first-order valence-electron chi connectivity index (χ1n) is 6.80. The van der Waals surface area contributed by atoms with Gasteiger partial charge < -0.3 is 10.1 Å². The quantitative estimate of drug-likeness (QED) is 0.661. The fourth-order valence-electron chi connectivity index (χ4n) is 1.75. The minimum absolute atomic E-state index is 0.232. The number of hydrogen-bond donors (Lipinski definition) is 1. The van der Waals surface area contributed by atoms with Gasteiger partial charge in [-0.25, -0.2) is 4.79 Å². The van der Waals surface area contributed by atoms with Crippen molar-refractivity contribution < 1.29 is 14.3 Å².